The normalized spacial score (nSPS) is 10.6. The molecular formula is C13H15ClN2O2. The summed E-state index contributed by atoms with van der Waals surface area (Å²) >= 11 is 6.05. The average molecular weight is 267 g/mol. The third-order valence-corrected chi connectivity index (χ3v) is 2.88. The van der Waals surface area contributed by atoms with E-state index in [9.17, 15) is 0 Å². The fourth-order valence-corrected chi connectivity index (χ4v) is 1.83. The lowest BCUT2D eigenvalue weighted by molar-refractivity contribution is 0.281. The lowest BCUT2D eigenvalue weighted by atomic mass is 10.2. The lowest BCUT2D eigenvalue weighted by Gasteiger charge is -2.07. The van der Waals surface area contributed by atoms with E-state index in [1.54, 1.807) is 24.4 Å². The molecule has 0 aliphatic heterocycles. The Morgan fingerprint density at radius 1 is 1.39 bits per heavy atom. The highest BCUT2D eigenvalue weighted by atomic mass is 35.5. The summed E-state index contributed by atoms with van der Waals surface area (Å²) in [7, 11) is 0. The van der Waals surface area contributed by atoms with Crippen LogP contribution in [0.5, 0.6) is 5.75 Å². The molecule has 4 nitrogen and oxygen atoms in total. The van der Waals surface area contributed by atoms with Gasteiger partial charge in [-0.15, -0.1) is 0 Å². The number of hydrogen-bond donors (Lipinski definition) is 1. The highest BCUT2D eigenvalue weighted by molar-refractivity contribution is 6.32. The first-order valence-electron chi connectivity index (χ1n) is 5.76. The molecule has 0 aliphatic carbocycles. The Hall–Kier alpha value is -1.52. The monoisotopic (exact) mass is 266 g/mol. The Morgan fingerprint density at radius 2 is 2.22 bits per heavy atom. The smallest absolute Gasteiger partial charge is 0.138 e. The maximum atomic E-state index is 8.98. The molecule has 0 fully saturated rings. The van der Waals surface area contributed by atoms with Crippen molar-refractivity contribution in [1.29, 1.82) is 0 Å². The molecule has 0 unspecified atom stereocenters. The van der Waals surface area contributed by atoms with Crippen molar-refractivity contribution in [2.45, 2.75) is 26.7 Å². The van der Waals surface area contributed by atoms with Gasteiger partial charge in [-0.1, -0.05) is 17.7 Å². The standard InChI is InChI=1S/C13H15ClN2O2/c1-2-16-7-11(6-15-16)9-18-13-4-3-10(8-17)5-12(13)14/h3-7,17H,2,8-9H2,1H3. The molecule has 96 valence electrons. The number of ether oxygens (including phenoxy) is 1. The van der Waals surface area contributed by atoms with Crippen molar-refractivity contribution in [1.82, 2.24) is 9.78 Å². The Morgan fingerprint density at radius 3 is 2.83 bits per heavy atom. The minimum Gasteiger partial charge on any atom is -0.487 e. The van der Waals surface area contributed by atoms with Crippen LogP contribution >= 0.6 is 11.6 Å². The van der Waals surface area contributed by atoms with Crippen molar-refractivity contribution < 1.29 is 9.84 Å². The van der Waals surface area contributed by atoms with Gasteiger partial charge in [-0.25, -0.2) is 0 Å². The Bertz CT molecular complexity index is 525. The van der Waals surface area contributed by atoms with E-state index in [0.717, 1.165) is 17.7 Å². The van der Waals surface area contributed by atoms with Gasteiger partial charge in [0.1, 0.15) is 12.4 Å². The zero-order valence-electron chi connectivity index (χ0n) is 10.1. The van der Waals surface area contributed by atoms with Gasteiger partial charge in [0.25, 0.3) is 0 Å². The fraction of sp³-hybridized carbons (Fsp3) is 0.308. The zero-order valence-corrected chi connectivity index (χ0v) is 10.9. The second kappa shape index (κ2) is 5.89. The summed E-state index contributed by atoms with van der Waals surface area (Å²) < 4.78 is 7.46. The van der Waals surface area contributed by atoms with Crippen LogP contribution in [0.3, 0.4) is 0 Å². The van der Waals surface area contributed by atoms with E-state index in [1.165, 1.54) is 0 Å². The lowest BCUT2D eigenvalue weighted by Crippen LogP contribution is -1.96. The summed E-state index contributed by atoms with van der Waals surface area (Å²) in [6.07, 6.45) is 3.72. The molecule has 0 amide bonds. The van der Waals surface area contributed by atoms with Gasteiger partial charge in [-0.3, -0.25) is 4.68 Å². The fourth-order valence-electron chi connectivity index (χ4n) is 1.57. The second-order valence-electron chi connectivity index (χ2n) is 3.92. The van der Waals surface area contributed by atoms with Crippen molar-refractivity contribution in [3.63, 3.8) is 0 Å². The van der Waals surface area contributed by atoms with Gasteiger partial charge in [0.05, 0.1) is 17.8 Å². The van der Waals surface area contributed by atoms with E-state index in [1.807, 2.05) is 17.8 Å². The van der Waals surface area contributed by atoms with Crippen LogP contribution in [0.15, 0.2) is 30.6 Å². The van der Waals surface area contributed by atoms with E-state index in [4.69, 9.17) is 21.4 Å². The minimum absolute atomic E-state index is 0.0245. The highest BCUT2D eigenvalue weighted by Crippen LogP contribution is 2.26. The van der Waals surface area contributed by atoms with Crippen molar-refractivity contribution >= 4 is 11.6 Å². The van der Waals surface area contributed by atoms with E-state index in [0.29, 0.717) is 17.4 Å². The Balaban J connectivity index is 2.01. The number of aliphatic hydroxyl groups is 1. The second-order valence-corrected chi connectivity index (χ2v) is 4.32. The average Bonchev–Trinajstić information content (AvgIpc) is 2.85. The number of benzene rings is 1. The molecule has 2 rings (SSSR count). The first-order chi connectivity index (χ1) is 8.72. The van der Waals surface area contributed by atoms with Gasteiger partial charge in [0, 0.05) is 18.3 Å². The van der Waals surface area contributed by atoms with Crippen LogP contribution in [-0.2, 0) is 19.8 Å². The molecule has 1 aromatic heterocycles. The molecule has 1 N–H and O–H groups in total. The number of aromatic nitrogens is 2. The molecule has 0 saturated heterocycles. The largest absolute Gasteiger partial charge is 0.487 e. The topological polar surface area (TPSA) is 47.3 Å². The summed E-state index contributed by atoms with van der Waals surface area (Å²) in [4.78, 5) is 0. The number of aliphatic hydroxyl groups excluding tert-OH is 1. The molecular weight excluding hydrogens is 252 g/mol. The third-order valence-electron chi connectivity index (χ3n) is 2.58. The summed E-state index contributed by atoms with van der Waals surface area (Å²) in [5.74, 6) is 0.609. The van der Waals surface area contributed by atoms with E-state index < -0.39 is 0 Å². The number of halogens is 1. The van der Waals surface area contributed by atoms with Gasteiger partial charge in [-0.05, 0) is 24.6 Å². The predicted octanol–water partition coefficient (Wildman–Crippen LogP) is 2.63. The Kier molecular flexibility index (Phi) is 4.23. The van der Waals surface area contributed by atoms with Gasteiger partial charge >= 0.3 is 0 Å². The number of rotatable bonds is 5. The molecule has 18 heavy (non-hydrogen) atoms. The summed E-state index contributed by atoms with van der Waals surface area (Å²) in [5, 5.41) is 13.7. The van der Waals surface area contributed by atoms with Crippen LogP contribution in [0.4, 0.5) is 0 Å². The van der Waals surface area contributed by atoms with Gasteiger partial charge in [0.2, 0.25) is 0 Å². The van der Waals surface area contributed by atoms with Crippen molar-refractivity contribution in [2.75, 3.05) is 0 Å². The zero-order chi connectivity index (χ0) is 13.0. The molecule has 0 spiro atoms. The molecule has 2 aromatic rings. The summed E-state index contributed by atoms with van der Waals surface area (Å²) in [5.41, 5.74) is 1.77. The molecule has 5 heteroatoms. The molecule has 0 aliphatic rings. The van der Waals surface area contributed by atoms with E-state index >= 15 is 0 Å². The SMILES string of the molecule is CCn1cc(COc2ccc(CO)cc2Cl)cn1. The van der Waals surface area contributed by atoms with E-state index in [-0.39, 0.29) is 6.61 Å². The first-order valence-corrected chi connectivity index (χ1v) is 6.14. The molecule has 0 bridgehead atoms. The van der Waals surface area contributed by atoms with Crippen LogP contribution in [0.1, 0.15) is 18.1 Å². The number of aryl methyl sites for hydroxylation is 1. The quantitative estimate of drug-likeness (QED) is 0.905. The Labute approximate surface area is 111 Å². The maximum absolute atomic E-state index is 8.98. The third kappa shape index (κ3) is 3.03. The van der Waals surface area contributed by atoms with E-state index in [2.05, 4.69) is 5.10 Å². The molecule has 1 aromatic carbocycles. The van der Waals surface area contributed by atoms with Crippen LogP contribution in [0.25, 0.3) is 0 Å². The number of nitrogens with zero attached hydrogens (tertiary/aromatic N) is 2. The van der Waals surface area contributed by atoms with Crippen LogP contribution < -0.4 is 4.74 Å². The predicted molar refractivity (Wildman–Crippen MR) is 69.6 cm³/mol. The first kappa shape index (κ1) is 12.9. The van der Waals surface area contributed by atoms with Crippen LogP contribution in [0.2, 0.25) is 5.02 Å². The molecule has 0 radical (unpaired) electrons. The summed E-state index contributed by atoms with van der Waals surface area (Å²) in [6.45, 7) is 3.27. The van der Waals surface area contributed by atoms with Gasteiger partial charge in [0.15, 0.2) is 0 Å². The van der Waals surface area contributed by atoms with Crippen LogP contribution in [0, 0.1) is 0 Å². The number of hydrogen-bond acceptors (Lipinski definition) is 3. The van der Waals surface area contributed by atoms with Crippen molar-refractivity contribution in [3.8, 4) is 5.75 Å². The maximum Gasteiger partial charge on any atom is 0.138 e. The van der Waals surface area contributed by atoms with Crippen LogP contribution in [-0.4, -0.2) is 14.9 Å². The molecule has 0 saturated carbocycles. The minimum atomic E-state index is -0.0245. The molecule has 1 heterocycles. The van der Waals surface area contributed by atoms with Gasteiger partial charge < -0.3 is 9.84 Å². The van der Waals surface area contributed by atoms with Crippen molar-refractivity contribution in [2.24, 2.45) is 0 Å². The van der Waals surface area contributed by atoms with Crippen molar-refractivity contribution in [3.05, 3.63) is 46.7 Å². The van der Waals surface area contributed by atoms with Gasteiger partial charge in [-0.2, -0.15) is 5.10 Å². The highest BCUT2D eigenvalue weighted by Gasteiger charge is 2.04. The molecule has 0 atom stereocenters. The summed E-state index contributed by atoms with van der Waals surface area (Å²) in [6, 6.07) is 5.25.